The summed E-state index contributed by atoms with van der Waals surface area (Å²) < 4.78 is 5.04. The van der Waals surface area contributed by atoms with E-state index in [1.54, 1.807) is 11.3 Å². The van der Waals surface area contributed by atoms with Gasteiger partial charge in [0.05, 0.1) is 6.61 Å². The van der Waals surface area contributed by atoms with Gasteiger partial charge < -0.3 is 9.64 Å². The molecule has 1 aliphatic rings. The average Bonchev–Trinajstić information content (AvgIpc) is 2.71. The minimum atomic E-state index is -0.297. The number of nitrogens with zero attached hydrogens (tertiary/aromatic N) is 2. The maximum Gasteiger partial charge on any atom is 0.358 e. The van der Waals surface area contributed by atoms with Gasteiger partial charge in [-0.05, 0) is 26.7 Å². The molecule has 5 heteroatoms. The summed E-state index contributed by atoms with van der Waals surface area (Å²) in [5, 5.41) is 0.974. The zero-order valence-corrected chi connectivity index (χ0v) is 12.6. The second-order valence-corrected chi connectivity index (χ2v) is 6.06. The zero-order valence-electron chi connectivity index (χ0n) is 11.8. The standard InChI is InChI=1S/C14H22N2O2S/c1-3-18-13(17)12-11(2)19-14(15-12)16-9-7-5-4-6-8-10-16/h3-10H2,1-2H3. The van der Waals surface area contributed by atoms with E-state index in [0.29, 0.717) is 12.3 Å². The van der Waals surface area contributed by atoms with Gasteiger partial charge in [0, 0.05) is 18.0 Å². The predicted molar refractivity (Wildman–Crippen MR) is 78.1 cm³/mol. The number of rotatable bonds is 3. The first-order valence-electron chi connectivity index (χ1n) is 7.12. The van der Waals surface area contributed by atoms with Gasteiger partial charge >= 0.3 is 5.97 Å². The lowest BCUT2D eigenvalue weighted by atomic mass is 10.1. The Kier molecular flexibility index (Phi) is 5.19. The van der Waals surface area contributed by atoms with Crippen LogP contribution >= 0.6 is 11.3 Å². The molecule has 1 saturated heterocycles. The van der Waals surface area contributed by atoms with Crippen LogP contribution in [0.3, 0.4) is 0 Å². The highest BCUT2D eigenvalue weighted by Gasteiger charge is 2.20. The molecule has 4 nitrogen and oxygen atoms in total. The first kappa shape index (κ1) is 14.3. The Morgan fingerprint density at radius 2 is 1.89 bits per heavy atom. The number of anilines is 1. The van der Waals surface area contributed by atoms with Crippen LogP contribution in [0.5, 0.6) is 0 Å². The molecule has 0 radical (unpaired) electrons. The van der Waals surface area contributed by atoms with Gasteiger partial charge in [-0.2, -0.15) is 0 Å². The number of carbonyl (C=O) groups is 1. The monoisotopic (exact) mass is 282 g/mol. The molecule has 1 fully saturated rings. The highest BCUT2D eigenvalue weighted by atomic mass is 32.1. The first-order valence-corrected chi connectivity index (χ1v) is 7.93. The second kappa shape index (κ2) is 6.89. The lowest BCUT2D eigenvalue weighted by Crippen LogP contribution is -2.26. The van der Waals surface area contributed by atoms with Gasteiger partial charge in [-0.25, -0.2) is 9.78 Å². The van der Waals surface area contributed by atoms with Crippen LogP contribution in [0.1, 0.15) is 54.4 Å². The number of aryl methyl sites for hydroxylation is 1. The van der Waals surface area contributed by atoms with Gasteiger partial charge in [0.2, 0.25) is 0 Å². The smallest absolute Gasteiger partial charge is 0.358 e. The van der Waals surface area contributed by atoms with Crippen LogP contribution in [0.15, 0.2) is 0 Å². The second-order valence-electron chi connectivity index (χ2n) is 4.88. The molecule has 0 amide bonds. The van der Waals surface area contributed by atoms with Gasteiger partial charge in [-0.3, -0.25) is 0 Å². The van der Waals surface area contributed by atoms with Crippen molar-refractivity contribution in [1.82, 2.24) is 4.98 Å². The van der Waals surface area contributed by atoms with Crippen LogP contribution in [-0.2, 0) is 4.74 Å². The molecule has 0 saturated carbocycles. The Morgan fingerprint density at radius 1 is 1.26 bits per heavy atom. The SMILES string of the molecule is CCOC(=O)c1nc(N2CCCCCCC2)sc1C. The summed E-state index contributed by atoms with van der Waals surface area (Å²) in [6, 6.07) is 0. The quantitative estimate of drug-likeness (QED) is 0.797. The average molecular weight is 282 g/mol. The molecule has 0 spiro atoms. The molecule has 1 aliphatic heterocycles. The van der Waals surface area contributed by atoms with Crippen molar-refractivity contribution in [1.29, 1.82) is 0 Å². The lowest BCUT2D eigenvalue weighted by molar-refractivity contribution is 0.0519. The van der Waals surface area contributed by atoms with Crippen molar-refractivity contribution in [3.05, 3.63) is 10.6 Å². The molecular weight excluding hydrogens is 260 g/mol. The van der Waals surface area contributed by atoms with Crippen LogP contribution in [-0.4, -0.2) is 30.6 Å². The van der Waals surface area contributed by atoms with Crippen LogP contribution in [0, 0.1) is 6.92 Å². The molecule has 0 unspecified atom stereocenters. The van der Waals surface area contributed by atoms with Gasteiger partial charge in [0.25, 0.3) is 0 Å². The van der Waals surface area contributed by atoms with Gasteiger partial charge in [0.1, 0.15) is 0 Å². The highest BCUT2D eigenvalue weighted by Crippen LogP contribution is 2.27. The summed E-state index contributed by atoms with van der Waals surface area (Å²) in [6.45, 7) is 6.26. The summed E-state index contributed by atoms with van der Waals surface area (Å²) in [5.74, 6) is -0.297. The fourth-order valence-corrected chi connectivity index (χ4v) is 3.29. The van der Waals surface area contributed by atoms with Crippen LogP contribution < -0.4 is 4.90 Å². The summed E-state index contributed by atoms with van der Waals surface area (Å²) in [6.07, 6.45) is 6.37. The molecule has 0 bridgehead atoms. The highest BCUT2D eigenvalue weighted by molar-refractivity contribution is 7.15. The third-order valence-electron chi connectivity index (χ3n) is 3.38. The number of esters is 1. The van der Waals surface area contributed by atoms with E-state index in [1.807, 2.05) is 13.8 Å². The lowest BCUT2D eigenvalue weighted by Gasteiger charge is -2.23. The molecule has 2 heterocycles. The number of carbonyl (C=O) groups excluding carboxylic acids is 1. The van der Waals surface area contributed by atoms with E-state index in [0.717, 1.165) is 23.1 Å². The van der Waals surface area contributed by atoms with Gasteiger partial charge in [-0.15, -0.1) is 11.3 Å². The molecule has 1 aromatic heterocycles. The van der Waals surface area contributed by atoms with Crippen molar-refractivity contribution in [3.63, 3.8) is 0 Å². The third-order valence-corrected chi connectivity index (χ3v) is 4.41. The molecule has 19 heavy (non-hydrogen) atoms. The van der Waals surface area contributed by atoms with E-state index in [2.05, 4.69) is 9.88 Å². The van der Waals surface area contributed by atoms with Crippen molar-refractivity contribution >= 4 is 22.4 Å². The minimum absolute atomic E-state index is 0.297. The molecule has 1 aromatic rings. The van der Waals surface area contributed by atoms with E-state index in [9.17, 15) is 4.79 Å². The van der Waals surface area contributed by atoms with Crippen LogP contribution in [0.2, 0.25) is 0 Å². The van der Waals surface area contributed by atoms with Crippen molar-refractivity contribution in [2.75, 3.05) is 24.6 Å². The molecule has 0 aliphatic carbocycles. The Hall–Kier alpha value is -1.10. The first-order chi connectivity index (χ1) is 9.22. The molecule has 0 aromatic carbocycles. The summed E-state index contributed by atoms with van der Waals surface area (Å²) in [4.78, 5) is 19.6. The Morgan fingerprint density at radius 3 is 2.53 bits per heavy atom. The third kappa shape index (κ3) is 3.69. The molecule has 2 rings (SSSR count). The van der Waals surface area contributed by atoms with Crippen LogP contribution in [0.4, 0.5) is 5.13 Å². The van der Waals surface area contributed by atoms with E-state index in [-0.39, 0.29) is 5.97 Å². The molecule has 0 atom stereocenters. The number of aromatic nitrogens is 1. The Bertz CT molecular complexity index is 423. The Labute approximate surface area is 118 Å². The van der Waals surface area contributed by atoms with E-state index in [1.165, 1.54) is 32.1 Å². The maximum absolute atomic E-state index is 11.8. The topological polar surface area (TPSA) is 42.4 Å². The maximum atomic E-state index is 11.8. The van der Waals surface area contributed by atoms with Crippen molar-refractivity contribution in [2.24, 2.45) is 0 Å². The largest absolute Gasteiger partial charge is 0.461 e. The molecule has 0 N–H and O–H groups in total. The van der Waals surface area contributed by atoms with E-state index < -0.39 is 0 Å². The fraction of sp³-hybridized carbons (Fsp3) is 0.714. The van der Waals surface area contributed by atoms with Gasteiger partial charge in [0.15, 0.2) is 10.8 Å². The zero-order chi connectivity index (χ0) is 13.7. The Balaban J connectivity index is 2.11. The van der Waals surface area contributed by atoms with Gasteiger partial charge in [-0.1, -0.05) is 19.3 Å². The van der Waals surface area contributed by atoms with E-state index >= 15 is 0 Å². The summed E-state index contributed by atoms with van der Waals surface area (Å²) in [5.41, 5.74) is 0.490. The fourth-order valence-electron chi connectivity index (χ4n) is 2.35. The van der Waals surface area contributed by atoms with Crippen molar-refractivity contribution < 1.29 is 9.53 Å². The van der Waals surface area contributed by atoms with Crippen molar-refractivity contribution in [2.45, 2.75) is 46.0 Å². The number of ether oxygens (including phenoxy) is 1. The normalized spacial score (nSPS) is 16.8. The molecule has 106 valence electrons. The number of hydrogen-bond donors (Lipinski definition) is 0. The number of hydrogen-bond acceptors (Lipinski definition) is 5. The molecular formula is C14H22N2O2S. The summed E-state index contributed by atoms with van der Waals surface area (Å²) >= 11 is 1.61. The number of thiazole rings is 1. The minimum Gasteiger partial charge on any atom is -0.461 e. The van der Waals surface area contributed by atoms with E-state index in [4.69, 9.17) is 4.74 Å². The summed E-state index contributed by atoms with van der Waals surface area (Å²) in [7, 11) is 0. The predicted octanol–water partition coefficient (Wildman–Crippen LogP) is 3.40. The van der Waals surface area contributed by atoms with Crippen molar-refractivity contribution in [3.8, 4) is 0 Å². The van der Waals surface area contributed by atoms with Crippen LogP contribution in [0.25, 0.3) is 0 Å².